The van der Waals surface area contributed by atoms with E-state index in [9.17, 15) is 4.79 Å². The summed E-state index contributed by atoms with van der Waals surface area (Å²) >= 11 is 4.74. The summed E-state index contributed by atoms with van der Waals surface area (Å²) in [6, 6.07) is 5.20. The van der Waals surface area contributed by atoms with Crippen molar-refractivity contribution in [1.82, 2.24) is 4.98 Å². The molecule has 0 aliphatic carbocycles. The van der Waals surface area contributed by atoms with E-state index in [1.165, 1.54) is 11.3 Å². The normalized spacial score (nSPS) is 10.5. The van der Waals surface area contributed by atoms with Crippen molar-refractivity contribution < 1.29 is 4.79 Å². The van der Waals surface area contributed by atoms with Gasteiger partial charge in [0.05, 0.1) is 15.6 Å². The number of hydrogen-bond acceptors (Lipinski definition) is 4. The maximum atomic E-state index is 12.3. The first-order valence-corrected chi connectivity index (χ1v) is 6.63. The van der Waals surface area contributed by atoms with Gasteiger partial charge in [0.1, 0.15) is 0 Å². The van der Waals surface area contributed by atoms with Crippen LogP contribution in [0.15, 0.2) is 22.7 Å². The average Bonchev–Trinajstić information content (AvgIpc) is 2.61. The molecule has 1 aromatic heterocycles. The minimum Gasteiger partial charge on any atom is -0.398 e. The summed E-state index contributed by atoms with van der Waals surface area (Å²) in [7, 11) is 0. The van der Waals surface area contributed by atoms with Gasteiger partial charge < -0.3 is 5.73 Å². The Morgan fingerprint density at radius 3 is 2.65 bits per heavy atom. The second-order valence-corrected chi connectivity index (χ2v) is 5.77. The molecule has 0 saturated carbocycles. The highest BCUT2D eigenvalue weighted by Crippen LogP contribution is 2.25. The fourth-order valence-electron chi connectivity index (χ4n) is 1.54. The first-order chi connectivity index (χ1) is 7.99. The van der Waals surface area contributed by atoms with Crippen molar-refractivity contribution in [2.75, 3.05) is 5.73 Å². The first kappa shape index (κ1) is 12.3. The van der Waals surface area contributed by atoms with Gasteiger partial charge in [-0.25, -0.2) is 4.98 Å². The molecule has 0 unspecified atom stereocenters. The standard InChI is InChI=1S/C12H11BrN2OS/c1-6-12(17-7(2)15-6)11(16)8-3-4-10(14)9(13)5-8/h3-5H,14H2,1-2H3. The van der Waals surface area contributed by atoms with Crippen LogP contribution in [0.25, 0.3) is 0 Å². The van der Waals surface area contributed by atoms with E-state index in [1.54, 1.807) is 18.2 Å². The Balaban J connectivity index is 2.44. The molecule has 2 aromatic rings. The molecule has 0 fully saturated rings. The molecule has 0 atom stereocenters. The third kappa shape index (κ3) is 2.40. The molecule has 1 aromatic carbocycles. The van der Waals surface area contributed by atoms with E-state index in [1.807, 2.05) is 13.8 Å². The van der Waals surface area contributed by atoms with E-state index < -0.39 is 0 Å². The summed E-state index contributed by atoms with van der Waals surface area (Å²) in [5.41, 5.74) is 7.72. The monoisotopic (exact) mass is 310 g/mol. The van der Waals surface area contributed by atoms with Crippen molar-refractivity contribution in [1.29, 1.82) is 0 Å². The second-order valence-electron chi connectivity index (χ2n) is 3.71. The molecule has 88 valence electrons. The molecule has 0 bridgehead atoms. The van der Waals surface area contributed by atoms with Crippen LogP contribution in [-0.2, 0) is 0 Å². The van der Waals surface area contributed by atoms with Gasteiger partial charge in [0.25, 0.3) is 0 Å². The summed E-state index contributed by atoms with van der Waals surface area (Å²) in [5, 5.41) is 0.903. The van der Waals surface area contributed by atoms with Crippen molar-refractivity contribution in [3.8, 4) is 0 Å². The van der Waals surface area contributed by atoms with Gasteiger partial charge in [0.15, 0.2) is 0 Å². The SMILES string of the molecule is Cc1nc(C)c(C(=O)c2ccc(N)c(Br)c2)s1. The lowest BCUT2D eigenvalue weighted by molar-refractivity contribution is 0.104. The van der Waals surface area contributed by atoms with E-state index >= 15 is 0 Å². The van der Waals surface area contributed by atoms with Crippen molar-refractivity contribution >= 4 is 38.7 Å². The molecule has 1 heterocycles. The first-order valence-electron chi connectivity index (χ1n) is 5.03. The van der Waals surface area contributed by atoms with Crippen LogP contribution in [-0.4, -0.2) is 10.8 Å². The number of aromatic nitrogens is 1. The lowest BCUT2D eigenvalue weighted by Crippen LogP contribution is -2.01. The number of carbonyl (C=O) groups excluding carboxylic acids is 1. The average molecular weight is 311 g/mol. The third-order valence-corrected chi connectivity index (χ3v) is 4.13. The fraction of sp³-hybridized carbons (Fsp3) is 0.167. The second kappa shape index (κ2) is 4.58. The van der Waals surface area contributed by atoms with Crippen LogP contribution in [0.5, 0.6) is 0 Å². The minimum absolute atomic E-state index is 0.00574. The van der Waals surface area contributed by atoms with Crippen molar-refractivity contribution in [2.45, 2.75) is 13.8 Å². The number of nitrogens with zero attached hydrogens (tertiary/aromatic N) is 1. The Bertz CT molecular complexity index is 592. The van der Waals surface area contributed by atoms with Crippen molar-refractivity contribution in [3.63, 3.8) is 0 Å². The zero-order valence-corrected chi connectivity index (χ0v) is 11.9. The maximum Gasteiger partial charge on any atom is 0.204 e. The Labute approximate surface area is 112 Å². The van der Waals surface area contributed by atoms with Crippen LogP contribution in [0.1, 0.15) is 25.9 Å². The number of anilines is 1. The van der Waals surface area contributed by atoms with Gasteiger partial charge in [0, 0.05) is 15.7 Å². The van der Waals surface area contributed by atoms with Crippen molar-refractivity contribution in [2.24, 2.45) is 0 Å². The van der Waals surface area contributed by atoms with Gasteiger partial charge in [-0.05, 0) is 48.0 Å². The topological polar surface area (TPSA) is 56.0 Å². The van der Waals surface area contributed by atoms with Gasteiger partial charge in [-0.15, -0.1) is 11.3 Å². The predicted octanol–water partition coefficient (Wildman–Crippen LogP) is 3.34. The maximum absolute atomic E-state index is 12.3. The van der Waals surface area contributed by atoms with Crippen molar-refractivity contribution in [3.05, 3.63) is 43.8 Å². The lowest BCUT2D eigenvalue weighted by Gasteiger charge is -2.02. The number of carbonyl (C=O) groups is 1. The summed E-state index contributed by atoms with van der Waals surface area (Å²) in [4.78, 5) is 17.2. The molecule has 0 aliphatic rings. The Kier molecular flexibility index (Phi) is 3.31. The quantitative estimate of drug-likeness (QED) is 0.683. The molecule has 3 nitrogen and oxygen atoms in total. The van der Waals surface area contributed by atoms with E-state index in [0.717, 1.165) is 15.2 Å². The number of benzene rings is 1. The number of nitrogens with two attached hydrogens (primary N) is 1. The largest absolute Gasteiger partial charge is 0.398 e. The molecule has 0 saturated heterocycles. The van der Waals surface area contributed by atoms with E-state index in [4.69, 9.17) is 5.73 Å². The minimum atomic E-state index is -0.00574. The fourth-order valence-corrected chi connectivity index (χ4v) is 2.80. The summed E-state index contributed by atoms with van der Waals surface area (Å²) < 4.78 is 0.738. The molecular formula is C12H11BrN2OS. The Hall–Kier alpha value is -1.20. The highest BCUT2D eigenvalue weighted by molar-refractivity contribution is 9.10. The van der Waals surface area contributed by atoms with Crippen LogP contribution in [0.3, 0.4) is 0 Å². The number of hydrogen-bond donors (Lipinski definition) is 1. The van der Waals surface area contributed by atoms with Crippen LogP contribution in [0.4, 0.5) is 5.69 Å². The van der Waals surface area contributed by atoms with E-state index in [2.05, 4.69) is 20.9 Å². The van der Waals surface area contributed by atoms with Gasteiger partial charge in [-0.2, -0.15) is 0 Å². The molecular weight excluding hydrogens is 300 g/mol. The number of ketones is 1. The highest BCUT2D eigenvalue weighted by atomic mass is 79.9. The van der Waals surface area contributed by atoms with Crippen LogP contribution in [0, 0.1) is 13.8 Å². The molecule has 0 amide bonds. The summed E-state index contributed by atoms with van der Waals surface area (Å²) in [6.45, 7) is 3.75. The number of rotatable bonds is 2. The van der Waals surface area contributed by atoms with Crippen LogP contribution < -0.4 is 5.73 Å². The number of thiazole rings is 1. The van der Waals surface area contributed by atoms with Gasteiger partial charge in [-0.3, -0.25) is 4.79 Å². The smallest absolute Gasteiger partial charge is 0.204 e. The Morgan fingerprint density at radius 2 is 2.12 bits per heavy atom. The highest BCUT2D eigenvalue weighted by Gasteiger charge is 2.16. The number of halogens is 1. The van der Waals surface area contributed by atoms with E-state index in [-0.39, 0.29) is 5.78 Å². The summed E-state index contributed by atoms with van der Waals surface area (Å²) in [5.74, 6) is -0.00574. The molecule has 5 heteroatoms. The molecule has 0 spiro atoms. The zero-order chi connectivity index (χ0) is 12.6. The molecule has 2 N–H and O–H groups in total. The number of nitrogen functional groups attached to an aromatic ring is 1. The number of aryl methyl sites for hydroxylation is 2. The lowest BCUT2D eigenvalue weighted by atomic mass is 10.1. The predicted molar refractivity (Wildman–Crippen MR) is 73.6 cm³/mol. The zero-order valence-electron chi connectivity index (χ0n) is 9.45. The molecule has 0 aliphatic heterocycles. The molecule has 2 rings (SSSR count). The summed E-state index contributed by atoms with van der Waals surface area (Å²) in [6.07, 6.45) is 0. The van der Waals surface area contributed by atoms with Crippen LogP contribution in [0.2, 0.25) is 0 Å². The van der Waals surface area contributed by atoms with E-state index in [0.29, 0.717) is 16.1 Å². The Morgan fingerprint density at radius 1 is 1.41 bits per heavy atom. The van der Waals surface area contributed by atoms with Crippen LogP contribution >= 0.6 is 27.3 Å². The van der Waals surface area contributed by atoms with Gasteiger partial charge in [0.2, 0.25) is 5.78 Å². The molecule has 0 radical (unpaired) electrons. The van der Waals surface area contributed by atoms with Gasteiger partial charge in [-0.1, -0.05) is 0 Å². The van der Waals surface area contributed by atoms with Gasteiger partial charge >= 0.3 is 0 Å². The molecule has 17 heavy (non-hydrogen) atoms. The third-order valence-electron chi connectivity index (χ3n) is 2.37.